The maximum absolute atomic E-state index is 17.0. The van der Waals surface area contributed by atoms with Crippen molar-refractivity contribution >= 4 is 60.7 Å². The molecule has 1 amide bonds. The van der Waals surface area contributed by atoms with Gasteiger partial charge in [0.15, 0.2) is 11.6 Å². The number of ether oxygens (including phenoxy) is 2. The van der Waals surface area contributed by atoms with Crippen molar-refractivity contribution < 1.29 is 27.4 Å². The predicted octanol–water partition coefficient (Wildman–Crippen LogP) is 4.92. The van der Waals surface area contributed by atoms with Crippen LogP contribution < -0.4 is 25.8 Å². The first kappa shape index (κ1) is 29.6. The molecular formula is C30H27ClF3N7O3S. The third kappa shape index (κ3) is 4.59. The third-order valence-corrected chi connectivity index (χ3v) is 10.4. The van der Waals surface area contributed by atoms with Crippen molar-refractivity contribution in [2.45, 2.75) is 43.9 Å². The second-order valence-electron chi connectivity index (χ2n) is 11.8. The van der Waals surface area contributed by atoms with E-state index in [1.54, 1.807) is 11.8 Å². The molecule has 5 heterocycles. The summed E-state index contributed by atoms with van der Waals surface area (Å²) in [4.78, 5) is 24.8. The molecular weight excluding hydrogens is 631 g/mol. The highest BCUT2D eigenvalue weighted by molar-refractivity contribution is 7.23. The van der Waals surface area contributed by atoms with Crippen LogP contribution in [0.5, 0.6) is 11.8 Å². The number of nitriles is 1. The SMILES string of the molecule is C[C@H]1COc2c(Cl)c(-c3ccc(F)c4sc(N)c(C#N)c34)c(F)c3nc(OC[C@@]45CCCN4C[C@H](F)C5)nc(c23)N1CC(N)=O. The molecule has 0 spiro atoms. The molecule has 0 radical (unpaired) electrons. The largest absolute Gasteiger partial charge is 0.489 e. The standard InChI is InChI=1S/C30H27ClF3N7O3S/c1-13-11-43-25-21-24(23(34)20(22(25)31)15-3-4-17(33)26-19(15)16(8-35)27(37)45-26)38-29(39-28(21)41(13)10-18(36)42)44-12-30-5-2-6-40(30)9-14(32)7-30/h3-4,13-14H,2,5-7,9-12,37H2,1H3,(H2,36,42)/t13-,14+,30-/m0/s1. The van der Waals surface area contributed by atoms with Crippen LogP contribution in [-0.4, -0.2) is 71.4 Å². The average molecular weight is 658 g/mol. The van der Waals surface area contributed by atoms with E-state index in [0.29, 0.717) is 13.0 Å². The van der Waals surface area contributed by atoms with Crippen LogP contribution in [0.2, 0.25) is 5.02 Å². The molecule has 2 aromatic heterocycles. The van der Waals surface area contributed by atoms with Gasteiger partial charge in [0.05, 0.1) is 38.8 Å². The zero-order chi connectivity index (χ0) is 31.8. The van der Waals surface area contributed by atoms with Gasteiger partial charge in [-0.3, -0.25) is 9.69 Å². The molecule has 3 aliphatic rings. The summed E-state index contributed by atoms with van der Waals surface area (Å²) >= 11 is 7.78. The van der Waals surface area contributed by atoms with Gasteiger partial charge in [0, 0.05) is 23.9 Å². The van der Waals surface area contributed by atoms with Crippen LogP contribution in [0.3, 0.4) is 0 Å². The van der Waals surface area contributed by atoms with E-state index in [9.17, 15) is 18.8 Å². The number of nitrogens with two attached hydrogens (primary N) is 2. The summed E-state index contributed by atoms with van der Waals surface area (Å²) in [5.41, 5.74) is 10.8. The van der Waals surface area contributed by atoms with Gasteiger partial charge in [0.25, 0.3) is 0 Å². The number of carbonyl (C=O) groups excluding carboxylic acids is 1. The zero-order valence-corrected chi connectivity index (χ0v) is 25.6. The minimum absolute atomic E-state index is 0.0105. The van der Waals surface area contributed by atoms with Crippen LogP contribution in [0.4, 0.5) is 24.0 Å². The number of benzene rings is 2. The van der Waals surface area contributed by atoms with E-state index in [2.05, 4.69) is 14.9 Å². The van der Waals surface area contributed by atoms with Crippen LogP contribution in [0.25, 0.3) is 32.1 Å². The molecule has 45 heavy (non-hydrogen) atoms. The number of hydrogen-bond acceptors (Lipinski definition) is 10. The number of aromatic nitrogens is 2. The molecule has 3 aliphatic heterocycles. The molecule has 15 heteroatoms. The molecule has 2 fully saturated rings. The molecule has 4 aromatic rings. The lowest BCUT2D eigenvalue weighted by Gasteiger charge is -2.31. The molecule has 0 bridgehead atoms. The smallest absolute Gasteiger partial charge is 0.319 e. The van der Waals surface area contributed by atoms with Gasteiger partial charge in [-0.2, -0.15) is 15.2 Å². The van der Waals surface area contributed by atoms with E-state index in [0.717, 1.165) is 36.8 Å². The number of nitrogens with zero attached hydrogens (tertiary/aromatic N) is 5. The first-order chi connectivity index (χ1) is 21.5. The van der Waals surface area contributed by atoms with E-state index in [4.69, 9.17) is 32.5 Å². The van der Waals surface area contributed by atoms with Gasteiger partial charge in [-0.25, -0.2) is 13.2 Å². The molecule has 10 nitrogen and oxygen atoms in total. The molecule has 0 saturated carbocycles. The summed E-state index contributed by atoms with van der Waals surface area (Å²) in [5.74, 6) is -2.03. The van der Waals surface area contributed by atoms with E-state index >= 15 is 4.39 Å². The lowest BCUT2D eigenvalue weighted by molar-refractivity contribution is -0.116. The average Bonchev–Trinajstić information content (AvgIpc) is 3.61. The van der Waals surface area contributed by atoms with Crippen LogP contribution in [0, 0.1) is 23.0 Å². The number of thiophene rings is 1. The van der Waals surface area contributed by atoms with Crippen molar-refractivity contribution in [3.63, 3.8) is 0 Å². The molecule has 0 unspecified atom stereocenters. The van der Waals surface area contributed by atoms with Gasteiger partial charge < -0.3 is 25.8 Å². The lowest BCUT2D eigenvalue weighted by atomic mass is 9.95. The normalized spacial score (nSPS) is 22.8. The maximum atomic E-state index is 17.0. The van der Waals surface area contributed by atoms with Gasteiger partial charge in [-0.1, -0.05) is 17.7 Å². The Bertz CT molecular complexity index is 1950. The molecule has 4 N–H and O–H groups in total. The third-order valence-electron chi connectivity index (χ3n) is 8.97. The van der Waals surface area contributed by atoms with E-state index in [-0.39, 0.29) is 85.0 Å². The number of nitrogen functional groups attached to an aromatic ring is 1. The van der Waals surface area contributed by atoms with E-state index in [1.807, 2.05) is 6.07 Å². The molecule has 7 rings (SSSR count). The van der Waals surface area contributed by atoms with Crippen molar-refractivity contribution in [3.05, 3.63) is 34.4 Å². The van der Waals surface area contributed by atoms with Crippen molar-refractivity contribution in [3.8, 4) is 29.0 Å². The van der Waals surface area contributed by atoms with Gasteiger partial charge in [-0.15, -0.1) is 11.3 Å². The Morgan fingerprint density at radius 2 is 2.13 bits per heavy atom. The number of amides is 1. The number of halogens is 4. The Labute approximate surface area is 264 Å². The summed E-state index contributed by atoms with van der Waals surface area (Å²) in [6.45, 7) is 2.67. The predicted molar refractivity (Wildman–Crippen MR) is 164 cm³/mol. The maximum Gasteiger partial charge on any atom is 0.319 e. The number of anilines is 2. The highest BCUT2D eigenvalue weighted by Gasteiger charge is 2.49. The first-order valence-electron chi connectivity index (χ1n) is 14.4. The monoisotopic (exact) mass is 657 g/mol. The highest BCUT2D eigenvalue weighted by atomic mass is 35.5. The fourth-order valence-electron chi connectivity index (χ4n) is 6.94. The Morgan fingerprint density at radius 1 is 1.33 bits per heavy atom. The summed E-state index contributed by atoms with van der Waals surface area (Å²) in [7, 11) is 0. The highest BCUT2D eigenvalue weighted by Crippen LogP contribution is 2.51. The molecule has 234 valence electrons. The zero-order valence-electron chi connectivity index (χ0n) is 24.0. The van der Waals surface area contributed by atoms with Gasteiger partial charge in [0.2, 0.25) is 5.91 Å². The van der Waals surface area contributed by atoms with Crippen molar-refractivity contribution in [1.82, 2.24) is 14.9 Å². The van der Waals surface area contributed by atoms with Crippen molar-refractivity contribution in [2.75, 3.05) is 43.5 Å². The van der Waals surface area contributed by atoms with Crippen LogP contribution >= 0.6 is 22.9 Å². The number of hydrogen-bond donors (Lipinski definition) is 2. The Balaban J connectivity index is 1.47. The second-order valence-corrected chi connectivity index (χ2v) is 13.2. The Morgan fingerprint density at radius 3 is 2.89 bits per heavy atom. The fourth-order valence-corrected chi connectivity index (χ4v) is 8.22. The number of alkyl halides is 1. The molecule has 3 atom stereocenters. The number of primary amides is 1. The number of fused-ring (bicyclic) bond motifs is 2. The quantitative estimate of drug-likeness (QED) is 0.295. The lowest BCUT2D eigenvalue weighted by Crippen LogP contribution is -2.44. The molecule has 2 aromatic carbocycles. The Hall–Kier alpha value is -4.06. The van der Waals surface area contributed by atoms with Crippen molar-refractivity contribution in [1.29, 1.82) is 5.26 Å². The van der Waals surface area contributed by atoms with Gasteiger partial charge >= 0.3 is 6.01 Å². The number of rotatable bonds is 6. The van der Waals surface area contributed by atoms with Crippen LogP contribution in [0.1, 0.15) is 31.7 Å². The van der Waals surface area contributed by atoms with E-state index in [1.165, 1.54) is 6.07 Å². The van der Waals surface area contributed by atoms with Crippen LogP contribution in [0.15, 0.2) is 12.1 Å². The van der Waals surface area contributed by atoms with Crippen molar-refractivity contribution in [2.24, 2.45) is 5.73 Å². The molecule has 0 aliphatic carbocycles. The van der Waals surface area contributed by atoms with E-state index < -0.39 is 35.3 Å². The topological polar surface area (TPSA) is 144 Å². The summed E-state index contributed by atoms with van der Waals surface area (Å²) in [5, 5.41) is 9.97. The second kappa shape index (κ2) is 10.8. The van der Waals surface area contributed by atoms with Crippen LogP contribution in [-0.2, 0) is 4.79 Å². The number of carbonyl (C=O) groups is 1. The summed E-state index contributed by atoms with van der Waals surface area (Å²) in [6, 6.07) is 3.81. The Kier molecular flexibility index (Phi) is 7.10. The summed E-state index contributed by atoms with van der Waals surface area (Å²) < 4.78 is 58.6. The minimum atomic E-state index is -0.984. The molecule has 2 saturated heterocycles. The first-order valence-corrected chi connectivity index (χ1v) is 15.6. The van der Waals surface area contributed by atoms with Gasteiger partial charge in [0.1, 0.15) is 47.6 Å². The van der Waals surface area contributed by atoms with Gasteiger partial charge in [-0.05, 0) is 37.9 Å². The fraction of sp³-hybridized carbons (Fsp3) is 0.400. The summed E-state index contributed by atoms with van der Waals surface area (Å²) in [6.07, 6.45) is 0.943. The minimum Gasteiger partial charge on any atom is -0.489 e.